The lowest BCUT2D eigenvalue weighted by Crippen LogP contribution is -2.32. The highest BCUT2D eigenvalue weighted by Crippen LogP contribution is 2.40. The van der Waals surface area contributed by atoms with Gasteiger partial charge in [-0.1, -0.05) is 13.8 Å². The van der Waals surface area contributed by atoms with Gasteiger partial charge >= 0.3 is 0 Å². The summed E-state index contributed by atoms with van der Waals surface area (Å²) in [5.41, 5.74) is 6.18. The molecule has 0 aliphatic carbocycles. The van der Waals surface area contributed by atoms with Crippen LogP contribution in [0.3, 0.4) is 0 Å². The highest BCUT2D eigenvalue weighted by atomic mass is 35.5. The van der Waals surface area contributed by atoms with Crippen LogP contribution in [0, 0.1) is 16.7 Å². The van der Waals surface area contributed by atoms with Gasteiger partial charge in [-0.15, -0.1) is 12.4 Å². The Bertz CT molecular complexity index is 484. The Morgan fingerprint density at radius 3 is 2.47 bits per heavy atom. The van der Waals surface area contributed by atoms with Crippen LogP contribution in [-0.2, 0) is 0 Å². The highest BCUT2D eigenvalue weighted by molar-refractivity contribution is 5.85. The lowest BCUT2D eigenvalue weighted by atomic mass is 9.81. The molecule has 0 heterocycles. The molecule has 0 radical (unpaired) electrons. The van der Waals surface area contributed by atoms with Crippen LogP contribution in [0.1, 0.15) is 31.0 Å². The number of nitrogens with zero attached hydrogens (tertiary/aromatic N) is 1. The van der Waals surface area contributed by atoms with E-state index in [0.29, 0.717) is 11.1 Å². The van der Waals surface area contributed by atoms with Crippen molar-refractivity contribution in [3.8, 4) is 17.6 Å². The van der Waals surface area contributed by atoms with Gasteiger partial charge in [0.15, 0.2) is 11.5 Å². The van der Waals surface area contributed by atoms with E-state index in [0.717, 1.165) is 0 Å². The number of nitrogens with two attached hydrogens (primary N) is 1. The smallest absolute Gasteiger partial charge is 0.162 e. The minimum absolute atomic E-state index is 0. The van der Waals surface area contributed by atoms with E-state index in [9.17, 15) is 10.2 Å². The van der Waals surface area contributed by atoms with E-state index < -0.39 is 11.5 Å². The number of hydrogen-bond acceptors (Lipinski definition) is 5. The second-order valence-electron chi connectivity index (χ2n) is 4.85. The first-order valence-corrected chi connectivity index (χ1v) is 5.54. The molecule has 1 rings (SSSR count). The molecule has 4 N–H and O–H groups in total. The Kier molecular flexibility index (Phi) is 6.10. The van der Waals surface area contributed by atoms with Gasteiger partial charge in [-0.05, 0) is 6.07 Å². The molecule has 0 bridgehead atoms. The molecule has 0 aliphatic rings. The van der Waals surface area contributed by atoms with E-state index in [-0.39, 0.29) is 30.5 Å². The first kappa shape index (κ1) is 17.5. The number of aromatic hydroxyl groups is 1. The van der Waals surface area contributed by atoms with Gasteiger partial charge < -0.3 is 20.7 Å². The summed E-state index contributed by atoms with van der Waals surface area (Å²) >= 11 is 0. The largest absolute Gasteiger partial charge is 0.504 e. The van der Waals surface area contributed by atoms with Gasteiger partial charge in [0.1, 0.15) is 0 Å². The first-order valence-electron chi connectivity index (χ1n) is 5.54. The molecule has 0 saturated heterocycles. The maximum Gasteiger partial charge on any atom is 0.162 e. The van der Waals surface area contributed by atoms with Gasteiger partial charge in [0, 0.05) is 29.7 Å². The average Bonchev–Trinajstić information content (AvgIpc) is 2.38. The van der Waals surface area contributed by atoms with Gasteiger partial charge in [0.2, 0.25) is 0 Å². The highest BCUT2D eigenvalue weighted by Gasteiger charge is 2.30. The van der Waals surface area contributed by atoms with E-state index in [2.05, 4.69) is 0 Å². The molecule has 0 unspecified atom stereocenters. The van der Waals surface area contributed by atoms with Crippen molar-refractivity contribution in [1.82, 2.24) is 0 Å². The number of rotatable bonds is 4. The number of nitriles is 1. The van der Waals surface area contributed by atoms with Crippen LogP contribution in [0.25, 0.3) is 0 Å². The Balaban J connectivity index is 0.00000324. The lowest BCUT2D eigenvalue weighted by molar-refractivity contribution is 0.131. The van der Waals surface area contributed by atoms with E-state index in [4.69, 9.17) is 15.7 Å². The van der Waals surface area contributed by atoms with Crippen LogP contribution >= 0.6 is 12.4 Å². The van der Waals surface area contributed by atoms with Crippen molar-refractivity contribution in [1.29, 1.82) is 5.26 Å². The van der Waals surface area contributed by atoms with Crippen LogP contribution in [0.2, 0.25) is 0 Å². The Hall–Kier alpha value is -1.48. The van der Waals surface area contributed by atoms with Crippen molar-refractivity contribution in [3.05, 3.63) is 23.3 Å². The fourth-order valence-corrected chi connectivity index (χ4v) is 1.61. The fraction of sp³-hybridized carbons (Fsp3) is 0.462. The van der Waals surface area contributed by atoms with E-state index in [1.54, 1.807) is 13.8 Å². The molecule has 0 saturated carbocycles. The molecule has 5 nitrogen and oxygen atoms in total. The SMILES string of the molecule is COc1cc(C#N)cc([C@H](N)C(C)(C)CO)c1O.Cl. The number of halogens is 1. The predicted molar refractivity (Wildman–Crippen MR) is 74.4 cm³/mol. The molecule has 19 heavy (non-hydrogen) atoms. The summed E-state index contributed by atoms with van der Waals surface area (Å²) in [4.78, 5) is 0. The third-order valence-corrected chi connectivity index (χ3v) is 3.04. The Morgan fingerprint density at radius 2 is 2.05 bits per heavy atom. The van der Waals surface area contributed by atoms with Gasteiger partial charge in [0.05, 0.1) is 18.7 Å². The molecule has 1 atom stereocenters. The number of aliphatic hydroxyl groups is 1. The summed E-state index contributed by atoms with van der Waals surface area (Å²) in [5, 5.41) is 28.3. The number of hydrogen-bond donors (Lipinski definition) is 3. The summed E-state index contributed by atoms with van der Waals surface area (Å²) in [7, 11) is 1.41. The standard InChI is InChI=1S/C13H18N2O3.ClH/c1-13(2,7-16)12(15)9-4-8(6-14)5-10(18-3)11(9)17;/h4-5,12,16-17H,7,15H2,1-3H3;1H/t12-;/m0./s1. The van der Waals surface area contributed by atoms with Gasteiger partial charge in [-0.3, -0.25) is 0 Å². The monoisotopic (exact) mass is 286 g/mol. The van der Waals surface area contributed by atoms with Crippen molar-refractivity contribution >= 4 is 12.4 Å². The molecule has 0 fully saturated rings. The second-order valence-corrected chi connectivity index (χ2v) is 4.85. The molecule has 106 valence electrons. The summed E-state index contributed by atoms with van der Waals surface area (Å²) < 4.78 is 5.01. The minimum Gasteiger partial charge on any atom is -0.504 e. The summed E-state index contributed by atoms with van der Waals surface area (Å²) in [6.07, 6.45) is 0. The van der Waals surface area contributed by atoms with E-state index >= 15 is 0 Å². The quantitative estimate of drug-likeness (QED) is 0.782. The maximum absolute atomic E-state index is 10.0. The van der Waals surface area contributed by atoms with Crippen molar-refractivity contribution in [2.75, 3.05) is 13.7 Å². The van der Waals surface area contributed by atoms with Crippen LogP contribution in [0.5, 0.6) is 11.5 Å². The minimum atomic E-state index is -0.615. The molecule has 6 heteroatoms. The first-order chi connectivity index (χ1) is 8.37. The normalized spacial score (nSPS) is 12.2. The second kappa shape index (κ2) is 6.62. The van der Waals surface area contributed by atoms with Crippen LogP contribution in [-0.4, -0.2) is 23.9 Å². The number of ether oxygens (including phenoxy) is 1. The number of benzene rings is 1. The van der Waals surface area contributed by atoms with E-state index in [1.165, 1.54) is 19.2 Å². The van der Waals surface area contributed by atoms with Gasteiger partial charge in [0.25, 0.3) is 0 Å². The van der Waals surface area contributed by atoms with Crippen molar-refractivity contribution < 1.29 is 14.9 Å². The zero-order chi connectivity index (χ0) is 13.9. The number of aliphatic hydroxyl groups excluding tert-OH is 1. The molecule has 0 spiro atoms. The number of methoxy groups -OCH3 is 1. The van der Waals surface area contributed by atoms with Crippen LogP contribution < -0.4 is 10.5 Å². The molecule has 1 aromatic carbocycles. The topological polar surface area (TPSA) is 99.5 Å². The molecule has 1 aromatic rings. The van der Waals surface area contributed by atoms with Crippen molar-refractivity contribution in [2.45, 2.75) is 19.9 Å². The van der Waals surface area contributed by atoms with Gasteiger partial charge in [-0.25, -0.2) is 0 Å². The van der Waals surface area contributed by atoms with E-state index in [1.807, 2.05) is 6.07 Å². The Morgan fingerprint density at radius 1 is 1.47 bits per heavy atom. The number of phenols is 1. The van der Waals surface area contributed by atoms with Crippen LogP contribution in [0.4, 0.5) is 0 Å². The molecule has 0 aliphatic heterocycles. The van der Waals surface area contributed by atoms with Crippen molar-refractivity contribution in [3.63, 3.8) is 0 Å². The van der Waals surface area contributed by atoms with Gasteiger partial charge in [-0.2, -0.15) is 5.26 Å². The maximum atomic E-state index is 10.0. The molecular weight excluding hydrogens is 268 g/mol. The average molecular weight is 287 g/mol. The number of phenolic OH excluding ortho intramolecular Hbond substituents is 1. The summed E-state index contributed by atoms with van der Waals surface area (Å²) in [5.74, 6) is 0.110. The predicted octanol–water partition coefficient (Wildman–Crippen LogP) is 1.71. The zero-order valence-corrected chi connectivity index (χ0v) is 12.0. The fourth-order valence-electron chi connectivity index (χ4n) is 1.61. The third-order valence-electron chi connectivity index (χ3n) is 3.04. The van der Waals surface area contributed by atoms with Crippen LogP contribution in [0.15, 0.2) is 12.1 Å². The lowest BCUT2D eigenvalue weighted by Gasteiger charge is -2.30. The molecule has 0 aromatic heterocycles. The summed E-state index contributed by atoms with van der Waals surface area (Å²) in [6, 6.07) is 4.33. The zero-order valence-electron chi connectivity index (χ0n) is 11.2. The third kappa shape index (κ3) is 3.51. The summed E-state index contributed by atoms with van der Waals surface area (Å²) in [6.45, 7) is 3.43. The Labute approximate surface area is 119 Å². The molecular formula is C13H19ClN2O3. The molecule has 0 amide bonds. The van der Waals surface area contributed by atoms with Crippen molar-refractivity contribution in [2.24, 2.45) is 11.1 Å².